The van der Waals surface area contributed by atoms with Gasteiger partial charge in [0.25, 0.3) is 0 Å². The molecule has 9 nitrogen and oxygen atoms in total. The molecule has 188 valence electrons. The van der Waals surface area contributed by atoms with Crippen LogP contribution in [0.3, 0.4) is 0 Å². The van der Waals surface area contributed by atoms with E-state index in [2.05, 4.69) is 0 Å². The van der Waals surface area contributed by atoms with Crippen LogP contribution in [0, 0.1) is 0 Å². The van der Waals surface area contributed by atoms with E-state index in [9.17, 15) is 29.1 Å². The van der Waals surface area contributed by atoms with Gasteiger partial charge in [0.1, 0.15) is 5.25 Å². The number of esters is 3. The first-order valence-electron chi connectivity index (χ1n) is 11.5. The van der Waals surface area contributed by atoms with E-state index in [-0.39, 0.29) is 18.3 Å². The minimum absolute atomic E-state index is 0.228. The lowest BCUT2D eigenvalue weighted by atomic mass is 10.0. The highest BCUT2D eigenvalue weighted by atomic mass is 32.2. The number of thioether (sulfide) groups is 1. The van der Waals surface area contributed by atoms with E-state index in [0.29, 0.717) is 12.8 Å². The van der Waals surface area contributed by atoms with Crippen LogP contribution in [0.15, 0.2) is 0 Å². The molecule has 0 aromatic heterocycles. The van der Waals surface area contributed by atoms with Gasteiger partial charge in [-0.25, -0.2) is 4.79 Å². The number of rotatable bonds is 6. The maximum absolute atomic E-state index is 12.9. The summed E-state index contributed by atoms with van der Waals surface area (Å²) in [5.74, 6) is -3.97. The number of carbonyl (C=O) groups is 5. The van der Waals surface area contributed by atoms with E-state index in [1.54, 1.807) is 6.92 Å². The van der Waals surface area contributed by atoms with Gasteiger partial charge in [-0.15, -0.1) is 11.8 Å². The van der Waals surface area contributed by atoms with Crippen molar-refractivity contribution in [3.8, 4) is 0 Å². The molecule has 0 aromatic rings. The molecule has 1 fully saturated rings. The van der Waals surface area contributed by atoms with Crippen molar-refractivity contribution in [2.24, 2.45) is 0 Å². The number of carbonyl (C=O) groups excluding carboxylic acids is 4. The van der Waals surface area contributed by atoms with E-state index in [1.807, 2.05) is 0 Å². The predicted octanol–water partition coefficient (Wildman–Crippen LogP) is 3.45. The van der Waals surface area contributed by atoms with Crippen molar-refractivity contribution in [3.05, 3.63) is 0 Å². The molecule has 0 aromatic carbocycles. The molecule has 10 heteroatoms. The average Bonchev–Trinajstić information content (AvgIpc) is 2.71. The van der Waals surface area contributed by atoms with Gasteiger partial charge in [0.15, 0.2) is 11.9 Å². The summed E-state index contributed by atoms with van der Waals surface area (Å²) in [7, 11) is 0. The second kappa shape index (κ2) is 15.7. The zero-order chi connectivity index (χ0) is 24.8. The highest BCUT2D eigenvalue weighted by Gasteiger charge is 2.32. The lowest BCUT2D eigenvalue weighted by Crippen LogP contribution is -2.35. The van der Waals surface area contributed by atoms with E-state index in [0.717, 1.165) is 63.6 Å². The summed E-state index contributed by atoms with van der Waals surface area (Å²) in [4.78, 5) is 59.9. The molecular formula is C23H36O9S. The van der Waals surface area contributed by atoms with Crippen molar-refractivity contribution in [2.45, 2.75) is 109 Å². The van der Waals surface area contributed by atoms with Crippen LogP contribution in [-0.4, -0.2) is 64.1 Å². The molecule has 1 unspecified atom stereocenters. The molecule has 1 heterocycles. The van der Waals surface area contributed by atoms with Crippen LogP contribution in [0.1, 0.15) is 85.0 Å². The van der Waals surface area contributed by atoms with Crippen molar-refractivity contribution < 1.29 is 43.3 Å². The largest absolute Gasteiger partial charge is 0.478 e. The van der Waals surface area contributed by atoms with Gasteiger partial charge in [0.2, 0.25) is 6.10 Å². The Bertz CT molecular complexity index is 679. The number of ether oxygens (including phenoxy) is 3. The zero-order valence-corrected chi connectivity index (χ0v) is 20.5. The first-order valence-corrected chi connectivity index (χ1v) is 12.6. The van der Waals surface area contributed by atoms with Crippen molar-refractivity contribution in [1.82, 2.24) is 0 Å². The van der Waals surface area contributed by atoms with Gasteiger partial charge in [-0.05, 0) is 32.6 Å². The monoisotopic (exact) mass is 488 g/mol. The lowest BCUT2D eigenvalue weighted by molar-refractivity contribution is -0.160. The Morgan fingerprint density at radius 3 is 2.12 bits per heavy atom. The second-order valence-corrected chi connectivity index (χ2v) is 9.56. The Kier molecular flexibility index (Phi) is 13.8. The lowest BCUT2D eigenvalue weighted by Gasteiger charge is -2.22. The smallest absolute Gasteiger partial charge is 0.345 e. The van der Waals surface area contributed by atoms with Crippen molar-refractivity contribution in [1.29, 1.82) is 0 Å². The zero-order valence-electron chi connectivity index (χ0n) is 19.7. The van der Waals surface area contributed by atoms with Crippen LogP contribution in [-0.2, 0) is 38.2 Å². The first-order chi connectivity index (χ1) is 15.6. The van der Waals surface area contributed by atoms with E-state index >= 15 is 0 Å². The van der Waals surface area contributed by atoms with Gasteiger partial charge in [-0.2, -0.15) is 0 Å². The second-order valence-electron chi connectivity index (χ2n) is 8.33. The Morgan fingerprint density at radius 2 is 1.58 bits per heavy atom. The molecule has 0 aliphatic carbocycles. The fraction of sp³-hybridized carbons (Fsp3) is 0.783. The Balaban J connectivity index is 2.99. The third-order valence-corrected chi connectivity index (χ3v) is 6.50. The Hall–Kier alpha value is -2.10. The molecule has 1 N–H and O–H groups in total. The fourth-order valence-electron chi connectivity index (χ4n) is 3.55. The predicted molar refractivity (Wildman–Crippen MR) is 122 cm³/mol. The molecule has 0 amide bonds. The molecular weight excluding hydrogens is 452 g/mol. The summed E-state index contributed by atoms with van der Waals surface area (Å²) in [6.45, 7) is 4.10. The summed E-state index contributed by atoms with van der Waals surface area (Å²) < 4.78 is 15.5. The molecule has 4 atom stereocenters. The third-order valence-electron chi connectivity index (χ3n) is 5.24. The molecule has 0 radical (unpaired) electrons. The number of carboxylic acids is 1. The topological polar surface area (TPSA) is 133 Å². The number of ketones is 1. The highest BCUT2D eigenvalue weighted by Crippen LogP contribution is 2.24. The van der Waals surface area contributed by atoms with Gasteiger partial charge < -0.3 is 19.3 Å². The van der Waals surface area contributed by atoms with Crippen LogP contribution in [0.25, 0.3) is 0 Å². The number of hydrogen-bond acceptors (Lipinski definition) is 9. The molecule has 1 saturated heterocycles. The maximum Gasteiger partial charge on any atom is 0.345 e. The van der Waals surface area contributed by atoms with Gasteiger partial charge in [-0.3, -0.25) is 19.2 Å². The molecule has 1 rings (SSSR count). The number of Topliss-reactive ketones (excluding diaryl/α,β-unsaturated/α-hetero) is 1. The fourth-order valence-corrected chi connectivity index (χ4v) is 4.64. The number of cyclic esters (lactones) is 1. The van der Waals surface area contributed by atoms with Gasteiger partial charge in [0, 0.05) is 26.0 Å². The summed E-state index contributed by atoms with van der Waals surface area (Å²) >= 11 is 0.884. The SMILES string of the molecule is CC(=O)OC(CS[C@@H]1CC(=O)[C@@H](OC(C)=O)CCCCCCCCC[C@@H](C)OC1=O)C(=O)O. The summed E-state index contributed by atoms with van der Waals surface area (Å²) in [5, 5.41) is 8.27. The standard InChI is InChI=1S/C23H36O9S/c1-15-11-9-7-5-4-6-8-10-12-19(31-16(2)24)18(26)13-21(23(29)30-15)33-14-20(22(27)28)32-17(3)25/h15,19-21H,4-14H2,1-3H3,(H,27,28)/t15-,19+,20?,21-/m1/s1. The highest BCUT2D eigenvalue weighted by molar-refractivity contribution is 8.00. The van der Waals surface area contributed by atoms with Crippen LogP contribution in [0.2, 0.25) is 0 Å². The van der Waals surface area contributed by atoms with Crippen LogP contribution >= 0.6 is 11.8 Å². The Labute approximate surface area is 199 Å². The van der Waals surface area contributed by atoms with Crippen molar-refractivity contribution >= 4 is 41.4 Å². The normalized spacial score (nSPS) is 24.9. The number of carboxylic acid groups (broad SMARTS) is 1. The molecule has 0 spiro atoms. The number of hydrogen-bond donors (Lipinski definition) is 1. The Morgan fingerprint density at radius 1 is 1.00 bits per heavy atom. The summed E-state index contributed by atoms with van der Waals surface area (Å²) in [5.41, 5.74) is 0. The van der Waals surface area contributed by atoms with Gasteiger partial charge in [-0.1, -0.05) is 32.1 Å². The molecule has 1 aliphatic heterocycles. The average molecular weight is 489 g/mol. The first kappa shape index (κ1) is 28.9. The minimum atomic E-state index is -1.46. The summed E-state index contributed by atoms with van der Waals surface area (Å²) in [6.07, 6.45) is 4.82. The van der Waals surface area contributed by atoms with Crippen LogP contribution in [0.4, 0.5) is 0 Å². The third kappa shape index (κ3) is 12.6. The molecule has 1 aliphatic rings. The quantitative estimate of drug-likeness (QED) is 0.438. The van der Waals surface area contributed by atoms with E-state index in [4.69, 9.17) is 14.2 Å². The van der Waals surface area contributed by atoms with Crippen LogP contribution < -0.4 is 0 Å². The van der Waals surface area contributed by atoms with Crippen molar-refractivity contribution in [2.75, 3.05) is 5.75 Å². The maximum atomic E-state index is 12.9. The summed E-state index contributed by atoms with van der Waals surface area (Å²) in [6, 6.07) is 0. The van der Waals surface area contributed by atoms with Gasteiger partial charge >= 0.3 is 23.9 Å². The van der Waals surface area contributed by atoms with Crippen molar-refractivity contribution in [3.63, 3.8) is 0 Å². The van der Waals surface area contributed by atoms with Crippen LogP contribution in [0.5, 0.6) is 0 Å². The molecule has 33 heavy (non-hydrogen) atoms. The molecule has 0 saturated carbocycles. The van der Waals surface area contributed by atoms with Gasteiger partial charge in [0.05, 0.1) is 6.10 Å². The van der Waals surface area contributed by atoms with E-state index < -0.39 is 47.1 Å². The number of aliphatic carboxylic acids is 1. The van der Waals surface area contributed by atoms with E-state index in [1.165, 1.54) is 6.92 Å². The molecule has 0 bridgehead atoms. The minimum Gasteiger partial charge on any atom is -0.478 e.